The molecule has 4 aromatic rings. The van der Waals surface area contributed by atoms with Gasteiger partial charge in [-0.15, -0.1) is 0 Å². The normalized spacial score (nSPS) is 11.4. The Bertz CT molecular complexity index is 1520. The summed E-state index contributed by atoms with van der Waals surface area (Å²) in [6.45, 7) is 1.99. The van der Waals surface area contributed by atoms with Crippen LogP contribution in [0.3, 0.4) is 0 Å². The van der Waals surface area contributed by atoms with E-state index in [0.717, 1.165) is 28.8 Å². The van der Waals surface area contributed by atoms with Gasteiger partial charge in [0.25, 0.3) is 0 Å². The van der Waals surface area contributed by atoms with Gasteiger partial charge in [-0.2, -0.15) is 13.2 Å². The first kappa shape index (κ1) is 32.1. The maximum Gasteiger partial charge on any atom is 0.416 e. The van der Waals surface area contributed by atoms with Gasteiger partial charge in [0.05, 0.1) is 11.1 Å². The highest BCUT2D eigenvalue weighted by Crippen LogP contribution is 2.31. The lowest BCUT2D eigenvalue weighted by atomic mass is 10.1. The molecule has 0 fully saturated rings. The van der Waals surface area contributed by atoms with Crippen molar-refractivity contribution in [1.82, 2.24) is 4.90 Å². The molecule has 0 aliphatic rings. The molecule has 0 heterocycles. The highest BCUT2D eigenvalue weighted by Gasteiger charge is 2.30. The zero-order chi connectivity index (χ0) is 31.5. The molecule has 4 rings (SSSR count). The van der Waals surface area contributed by atoms with Crippen LogP contribution in [0.25, 0.3) is 0 Å². The molecule has 7 nitrogen and oxygen atoms in total. The summed E-state index contributed by atoms with van der Waals surface area (Å²) in [4.78, 5) is 24.4. The third-order valence-electron chi connectivity index (χ3n) is 6.82. The van der Waals surface area contributed by atoms with Crippen LogP contribution in [-0.2, 0) is 30.7 Å². The van der Waals surface area contributed by atoms with Crippen molar-refractivity contribution >= 4 is 11.9 Å². The number of alkyl halides is 3. The minimum atomic E-state index is -4.41. The molecular formula is C34H32F3NO6. The Kier molecular flexibility index (Phi) is 11.0. The fourth-order valence-corrected chi connectivity index (χ4v) is 4.52. The summed E-state index contributed by atoms with van der Waals surface area (Å²) in [6, 6.07) is 25.9. The van der Waals surface area contributed by atoms with Crippen LogP contribution in [0, 0.1) is 0 Å². The average Bonchev–Trinajstić information content (AvgIpc) is 2.99. The van der Waals surface area contributed by atoms with Crippen LogP contribution in [-0.4, -0.2) is 33.6 Å². The van der Waals surface area contributed by atoms with Crippen molar-refractivity contribution in [2.75, 3.05) is 6.54 Å². The first-order valence-corrected chi connectivity index (χ1v) is 14.0. The number of carboxylic acids is 2. The van der Waals surface area contributed by atoms with E-state index < -0.39 is 23.7 Å². The molecule has 0 aliphatic carbocycles. The number of nitrogens with zero attached hydrogens (tertiary/aromatic N) is 1. The van der Waals surface area contributed by atoms with Gasteiger partial charge in [0.1, 0.15) is 23.9 Å². The Morgan fingerprint density at radius 1 is 0.727 bits per heavy atom. The van der Waals surface area contributed by atoms with Crippen LogP contribution in [0.5, 0.6) is 17.2 Å². The van der Waals surface area contributed by atoms with Crippen molar-refractivity contribution in [3.05, 3.63) is 125 Å². The second kappa shape index (κ2) is 15.1. The number of benzene rings is 4. The number of unbranched alkanes of at least 4 members (excludes halogenated alkanes) is 1. The van der Waals surface area contributed by atoms with Crippen molar-refractivity contribution in [2.45, 2.75) is 45.1 Å². The molecule has 0 amide bonds. The lowest BCUT2D eigenvalue weighted by Gasteiger charge is -2.24. The molecule has 10 heteroatoms. The topological polar surface area (TPSA) is 96.3 Å². The second-order valence-electron chi connectivity index (χ2n) is 10.2. The number of halogens is 3. The summed E-state index contributed by atoms with van der Waals surface area (Å²) < 4.78 is 50.2. The van der Waals surface area contributed by atoms with Crippen LogP contribution in [0.4, 0.5) is 13.2 Å². The molecule has 0 spiro atoms. The lowest BCUT2D eigenvalue weighted by molar-refractivity contribution is -0.138. The van der Waals surface area contributed by atoms with E-state index in [2.05, 4.69) is 4.90 Å². The van der Waals surface area contributed by atoms with E-state index in [4.69, 9.17) is 14.6 Å². The van der Waals surface area contributed by atoms with Crippen molar-refractivity contribution in [1.29, 1.82) is 0 Å². The van der Waals surface area contributed by atoms with E-state index in [9.17, 15) is 27.9 Å². The van der Waals surface area contributed by atoms with E-state index >= 15 is 0 Å². The van der Waals surface area contributed by atoms with Gasteiger partial charge in [-0.3, -0.25) is 9.69 Å². The van der Waals surface area contributed by atoms with Crippen LogP contribution in [0.15, 0.2) is 97.1 Å². The number of rotatable bonds is 15. The molecule has 0 radical (unpaired) electrons. The molecule has 0 bridgehead atoms. The van der Waals surface area contributed by atoms with Crippen LogP contribution in [0.2, 0.25) is 0 Å². The maximum atomic E-state index is 12.8. The van der Waals surface area contributed by atoms with Gasteiger partial charge >= 0.3 is 18.1 Å². The zero-order valence-electron chi connectivity index (χ0n) is 23.8. The lowest BCUT2D eigenvalue weighted by Crippen LogP contribution is -2.24. The van der Waals surface area contributed by atoms with E-state index in [1.807, 2.05) is 36.4 Å². The second-order valence-corrected chi connectivity index (χ2v) is 10.2. The molecule has 0 unspecified atom stereocenters. The Labute approximate surface area is 253 Å². The third kappa shape index (κ3) is 9.88. The first-order valence-electron chi connectivity index (χ1n) is 14.0. The van der Waals surface area contributed by atoms with Crippen LogP contribution >= 0.6 is 0 Å². The summed E-state index contributed by atoms with van der Waals surface area (Å²) >= 11 is 0. The Morgan fingerprint density at radius 2 is 1.34 bits per heavy atom. The Morgan fingerprint density at radius 3 is 1.95 bits per heavy atom. The number of carbonyl (C=O) groups is 2. The fourth-order valence-electron chi connectivity index (χ4n) is 4.52. The molecule has 0 aliphatic heterocycles. The number of hydrogen-bond acceptors (Lipinski definition) is 5. The number of para-hydroxylation sites is 1. The minimum absolute atomic E-state index is 0.0923. The molecule has 0 saturated heterocycles. The summed E-state index contributed by atoms with van der Waals surface area (Å²) in [7, 11) is 0. The largest absolute Gasteiger partial charge is 0.489 e. The number of aromatic carboxylic acids is 1. The standard InChI is InChI=1S/C34H32F3NO6/c35-34(36,37)28-14-18-30(19-15-28)44-29-16-10-25(11-17-29)23-43-31-6-2-1-5-27(31)22-38(20-4-3-7-32(39)40)21-24-8-12-26(13-9-24)33(41)42/h1-2,5-6,8-19H,3-4,7,20-23H2,(H,39,40)(H,41,42). The van der Waals surface area contributed by atoms with E-state index in [1.165, 1.54) is 12.1 Å². The Hall–Kier alpha value is -4.83. The van der Waals surface area contributed by atoms with E-state index in [-0.39, 0.29) is 18.6 Å². The number of carboxylic acid groups (broad SMARTS) is 2. The molecule has 0 aromatic heterocycles. The summed E-state index contributed by atoms with van der Waals surface area (Å²) in [5, 5.41) is 18.2. The van der Waals surface area contributed by atoms with Crippen LogP contribution < -0.4 is 9.47 Å². The summed E-state index contributed by atoms with van der Waals surface area (Å²) in [6.07, 6.45) is -3.09. The van der Waals surface area contributed by atoms with Crippen molar-refractivity contribution in [2.24, 2.45) is 0 Å². The summed E-state index contributed by atoms with van der Waals surface area (Å²) in [5.41, 5.74) is 2.21. The maximum absolute atomic E-state index is 12.8. The van der Waals surface area contributed by atoms with Gasteiger partial charge < -0.3 is 19.7 Å². The smallest absolute Gasteiger partial charge is 0.416 e. The highest BCUT2D eigenvalue weighted by atomic mass is 19.4. The number of hydrogen-bond donors (Lipinski definition) is 2. The summed E-state index contributed by atoms with van der Waals surface area (Å²) in [5.74, 6) is -0.368. The zero-order valence-corrected chi connectivity index (χ0v) is 23.8. The van der Waals surface area contributed by atoms with Gasteiger partial charge in [-0.25, -0.2) is 4.79 Å². The monoisotopic (exact) mass is 607 g/mol. The quantitative estimate of drug-likeness (QED) is 0.132. The predicted octanol–water partition coefficient (Wildman–Crippen LogP) is 8.03. The van der Waals surface area contributed by atoms with Gasteiger partial charge in [-0.1, -0.05) is 42.5 Å². The SMILES string of the molecule is O=C(O)CCCCN(Cc1ccc(C(=O)O)cc1)Cc1ccccc1OCc1ccc(Oc2ccc(C(F)(F)F)cc2)cc1. The molecule has 2 N–H and O–H groups in total. The molecule has 0 atom stereocenters. The van der Waals surface area contributed by atoms with E-state index in [1.54, 1.807) is 36.4 Å². The predicted molar refractivity (Wildman–Crippen MR) is 158 cm³/mol. The number of aliphatic carboxylic acids is 1. The minimum Gasteiger partial charge on any atom is -0.489 e. The van der Waals surface area contributed by atoms with Crippen LogP contribution in [0.1, 0.15) is 51.9 Å². The fraction of sp³-hybridized carbons (Fsp3) is 0.235. The van der Waals surface area contributed by atoms with Gasteiger partial charge in [0.2, 0.25) is 0 Å². The molecular weight excluding hydrogens is 575 g/mol. The van der Waals surface area contributed by atoms with E-state index in [0.29, 0.717) is 49.7 Å². The van der Waals surface area contributed by atoms with Crippen molar-refractivity contribution in [3.63, 3.8) is 0 Å². The van der Waals surface area contributed by atoms with Gasteiger partial charge in [0, 0.05) is 25.1 Å². The Balaban J connectivity index is 1.38. The number of ether oxygens (including phenoxy) is 2. The molecule has 44 heavy (non-hydrogen) atoms. The molecule has 230 valence electrons. The highest BCUT2D eigenvalue weighted by molar-refractivity contribution is 5.87. The van der Waals surface area contributed by atoms with Crippen molar-refractivity contribution < 1.29 is 42.4 Å². The van der Waals surface area contributed by atoms with Crippen molar-refractivity contribution in [3.8, 4) is 17.2 Å². The third-order valence-corrected chi connectivity index (χ3v) is 6.82. The average molecular weight is 608 g/mol. The van der Waals surface area contributed by atoms with Gasteiger partial charge in [0.15, 0.2) is 0 Å². The van der Waals surface area contributed by atoms with Gasteiger partial charge in [-0.05, 0) is 85.1 Å². The first-order chi connectivity index (χ1) is 21.1. The molecule has 0 saturated carbocycles. The molecule has 4 aromatic carbocycles.